The highest BCUT2D eigenvalue weighted by Gasteiger charge is 2.41. The molecule has 0 radical (unpaired) electrons. The lowest BCUT2D eigenvalue weighted by molar-refractivity contribution is -0.384. The van der Waals surface area contributed by atoms with Crippen molar-refractivity contribution in [2.75, 3.05) is 12.8 Å². The molecule has 1 aromatic carbocycles. The molecule has 1 saturated carbocycles. The molecule has 1 fully saturated rings. The van der Waals surface area contributed by atoms with Gasteiger partial charge in [0.2, 0.25) is 0 Å². The first-order chi connectivity index (χ1) is 8.97. The van der Waals surface area contributed by atoms with Crippen molar-refractivity contribution < 1.29 is 9.72 Å². The molecule has 0 unspecified atom stereocenters. The Hall–Kier alpha value is -1.27. The number of carbonyl (C=O) groups excluding carboxylic acids is 1. The maximum Gasteiger partial charge on any atom is 0.287 e. The number of nitro benzene ring substituents is 1. The zero-order valence-corrected chi connectivity index (χ0v) is 11.9. The zero-order valence-electron chi connectivity index (χ0n) is 10.3. The van der Waals surface area contributed by atoms with Gasteiger partial charge in [0.1, 0.15) is 5.02 Å². The molecule has 0 bridgehead atoms. The molecule has 0 aromatic heterocycles. The normalized spacial score (nSPS) is 15.9. The van der Waals surface area contributed by atoms with Gasteiger partial charge in [-0.1, -0.05) is 11.6 Å². The van der Waals surface area contributed by atoms with Gasteiger partial charge in [-0.2, -0.15) is 11.8 Å². The van der Waals surface area contributed by atoms with Crippen LogP contribution in [0.15, 0.2) is 18.2 Å². The van der Waals surface area contributed by atoms with Crippen LogP contribution in [0.1, 0.15) is 23.2 Å². The second-order valence-corrected chi connectivity index (χ2v) is 6.17. The molecule has 1 aliphatic rings. The van der Waals surface area contributed by atoms with Crippen molar-refractivity contribution in [3.63, 3.8) is 0 Å². The molecule has 0 heterocycles. The van der Waals surface area contributed by atoms with Crippen LogP contribution in [0.5, 0.6) is 0 Å². The number of carbonyl (C=O) groups is 1. The first-order valence-corrected chi connectivity index (χ1v) is 7.35. The van der Waals surface area contributed by atoms with Crippen LogP contribution >= 0.6 is 23.4 Å². The van der Waals surface area contributed by atoms with E-state index in [-0.39, 0.29) is 21.4 Å². The lowest BCUT2D eigenvalue weighted by Crippen LogP contribution is -2.31. The molecule has 1 N–H and O–H groups in total. The van der Waals surface area contributed by atoms with Crippen molar-refractivity contribution in [3.05, 3.63) is 38.9 Å². The van der Waals surface area contributed by atoms with E-state index < -0.39 is 4.92 Å². The van der Waals surface area contributed by atoms with Crippen LogP contribution in [-0.2, 0) is 0 Å². The lowest BCUT2D eigenvalue weighted by Gasteiger charge is -2.13. The van der Waals surface area contributed by atoms with Crippen molar-refractivity contribution in [2.24, 2.45) is 0 Å². The predicted octanol–water partition coefficient (Wildman–Crippen LogP) is 2.87. The van der Waals surface area contributed by atoms with Gasteiger partial charge in [0, 0.05) is 22.9 Å². The number of nitrogens with one attached hydrogen (secondary N) is 1. The Morgan fingerprint density at radius 1 is 1.58 bits per heavy atom. The SMILES string of the molecule is CSC1(CNC(=O)c2ccc([N+](=O)[O-])c(Cl)c2)CC1. The minimum atomic E-state index is -0.572. The number of nitrogens with zero attached hydrogens (tertiary/aromatic N) is 1. The van der Waals surface area contributed by atoms with E-state index in [9.17, 15) is 14.9 Å². The number of nitro groups is 1. The lowest BCUT2D eigenvalue weighted by atomic mass is 10.2. The molecule has 1 aromatic rings. The van der Waals surface area contributed by atoms with Gasteiger partial charge in [-0.25, -0.2) is 0 Å². The van der Waals surface area contributed by atoms with Gasteiger partial charge >= 0.3 is 0 Å². The average Bonchev–Trinajstić information content (AvgIpc) is 3.16. The fraction of sp³-hybridized carbons (Fsp3) is 0.417. The number of rotatable bonds is 5. The maximum atomic E-state index is 11.9. The zero-order chi connectivity index (χ0) is 14.0. The monoisotopic (exact) mass is 300 g/mol. The quantitative estimate of drug-likeness (QED) is 0.670. The summed E-state index contributed by atoms with van der Waals surface area (Å²) in [7, 11) is 0. The summed E-state index contributed by atoms with van der Waals surface area (Å²) >= 11 is 7.53. The minimum absolute atomic E-state index is 0.0244. The molecule has 0 spiro atoms. The smallest absolute Gasteiger partial charge is 0.287 e. The number of amides is 1. The van der Waals surface area contributed by atoms with Gasteiger partial charge in [-0.3, -0.25) is 14.9 Å². The Kier molecular flexibility index (Phi) is 4.01. The van der Waals surface area contributed by atoms with Crippen molar-refractivity contribution in [1.82, 2.24) is 5.32 Å². The fourth-order valence-corrected chi connectivity index (χ4v) is 2.71. The van der Waals surface area contributed by atoms with Crippen molar-refractivity contribution in [3.8, 4) is 0 Å². The molecule has 5 nitrogen and oxygen atoms in total. The van der Waals surface area contributed by atoms with E-state index in [2.05, 4.69) is 5.32 Å². The van der Waals surface area contributed by atoms with E-state index in [0.717, 1.165) is 12.8 Å². The Labute approximate surface area is 119 Å². The summed E-state index contributed by atoms with van der Waals surface area (Å²) in [5.74, 6) is -0.253. The summed E-state index contributed by atoms with van der Waals surface area (Å²) in [6.07, 6.45) is 4.24. The van der Waals surface area contributed by atoms with E-state index in [1.165, 1.54) is 18.2 Å². The van der Waals surface area contributed by atoms with Crippen LogP contribution in [0.3, 0.4) is 0 Å². The highest BCUT2D eigenvalue weighted by molar-refractivity contribution is 8.00. The summed E-state index contributed by atoms with van der Waals surface area (Å²) in [4.78, 5) is 22.0. The molecule has 1 aliphatic carbocycles. The van der Waals surface area contributed by atoms with Crippen molar-refractivity contribution >= 4 is 35.0 Å². The van der Waals surface area contributed by atoms with Gasteiger partial charge in [0.05, 0.1) is 4.92 Å². The first-order valence-electron chi connectivity index (χ1n) is 5.75. The number of thioether (sulfide) groups is 1. The largest absolute Gasteiger partial charge is 0.351 e. The second kappa shape index (κ2) is 5.38. The van der Waals surface area contributed by atoms with Gasteiger partial charge in [-0.05, 0) is 31.2 Å². The summed E-state index contributed by atoms with van der Waals surface area (Å²) in [6, 6.07) is 3.99. The molecule has 0 atom stereocenters. The second-order valence-electron chi connectivity index (χ2n) is 4.49. The van der Waals surface area contributed by atoms with Crippen LogP contribution in [0.2, 0.25) is 5.02 Å². The highest BCUT2D eigenvalue weighted by atomic mass is 35.5. The molecule has 0 aliphatic heterocycles. The molecular weight excluding hydrogens is 288 g/mol. The fourth-order valence-electron chi connectivity index (χ4n) is 1.73. The van der Waals surface area contributed by atoms with E-state index in [1.54, 1.807) is 11.8 Å². The van der Waals surface area contributed by atoms with Gasteiger partial charge in [0.25, 0.3) is 11.6 Å². The van der Waals surface area contributed by atoms with Gasteiger partial charge < -0.3 is 5.32 Å². The highest BCUT2D eigenvalue weighted by Crippen LogP contribution is 2.46. The van der Waals surface area contributed by atoms with Gasteiger partial charge in [-0.15, -0.1) is 0 Å². The average molecular weight is 301 g/mol. The third-order valence-electron chi connectivity index (χ3n) is 3.22. The minimum Gasteiger partial charge on any atom is -0.351 e. The summed E-state index contributed by atoms with van der Waals surface area (Å²) in [5, 5.41) is 13.4. The molecule has 102 valence electrons. The number of hydrogen-bond acceptors (Lipinski definition) is 4. The van der Waals surface area contributed by atoms with Gasteiger partial charge in [0.15, 0.2) is 0 Å². The van der Waals surface area contributed by atoms with Crippen molar-refractivity contribution in [2.45, 2.75) is 17.6 Å². The van der Waals surface area contributed by atoms with E-state index in [4.69, 9.17) is 11.6 Å². The third kappa shape index (κ3) is 3.19. The summed E-state index contributed by atoms with van der Waals surface area (Å²) in [5.41, 5.74) is 0.147. The Balaban J connectivity index is 2.03. The molecule has 2 rings (SSSR count). The molecule has 19 heavy (non-hydrogen) atoms. The molecular formula is C12H13ClN2O3S. The summed E-state index contributed by atoms with van der Waals surface area (Å²) in [6.45, 7) is 0.613. The molecule has 1 amide bonds. The number of benzene rings is 1. The molecule has 0 saturated heterocycles. The van der Waals surface area contributed by atoms with E-state index >= 15 is 0 Å². The van der Waals surface area contributed by atoms with Crippen molar-refractivity contribution in [1.29, 1.82) is 0 Å². The van der Waals surface area contributed by atoms with Crippen LogP contribution in [-0.4, -0.2) is 28.4 Å². The number of halogens is 1. The van der Waals surface area contributed by atoms with E-state index in [1.807, 2.05) is 6.26 Å². The molecule has 7 heteroatoms. The van der Waals surface area contributed by atoms with Crippen LogP contribution in [0.25, 0.3) is 0 Å². The maximum absolute atomic E-state index is 11.9. The van der Waals surface area contributed by atoms with Crippen LogP contribution in [0, 0.1) is 10.1 Å². The first kappa shape index (κ1) is 14.1. The summed E-state index contributed by atoms with van der Waals surface area (Å²) < 4.78 is 0.181. The van der Waals surface area contributed by atoms with Crippen LogP contribution < -0.4 is 5.32 Å². The predicted molar refractivity (Wildman–Crippen MR) is 75.9 cm³/mol. The topological polar surface area (TPSA) is 72.2 Å². The van der Waals surface area contributed by atoms with E-state index in [0.29, 0.717) is 12.1 Å². The third-order valence-corrected chi connectivity index (χ3v) is 4.94. The Morgan fingerprint density at radius 3 is 2.74 bits per heavy atom. The number of hydrogen-bond donors (Lipinski definition) is 1. The Morgan fingerprint density at radius 2 is 2.26 bits per heavy atom. The Bertz CT molecular complexity index is 532. The standard InChI is InChI=1S/C12H13ClN2O3S/c1-19-12(4-5-12)7-14-11(16)8-2-3-10(15(17)18)9(13)6-8/h2-3,6H,4-5,7H2,1H3,(H,14,16). The van der Waals surface area contributed by atoms with Crippen LogP contribution in [0.4, 0.5) is 5.69 Å².